The zero-order chi connectivity index (χ0) is 23.1. The lowest BCUT2D eigenvalue weighted by Crippen LogP contribution is -2.44. The molecule has 1 atom stereocenters. The van der Waals surface area contributed by atoms with Crippen LogP contribution in [-0.4, -0.2) is 48.4 Å². The summed E-state index contributed by atoms with van der Waals surface area (Å²) in [5.41, 5.74) is 2.73. The van der Waals surface area contributed by atoms with E-state index in [0.717, 1.165) is 43.6 Å². The Morgan fingerprint density at radius 1 is 1.03 bits per heavy atom. The predicted molar refractivity (Wildman–Crippen MR) is 131 cm³/mol. The van der Waals surface area contributed by atoms with Crippen LogP contribution in [0.25, 0.3) is 0 Å². The maximum absolute atomic E-state index is 14.2. The van der Waals surface area contributed by atoms with Gasteiger partial charge >= 0.3 is 0 Å². The van der Waals surface area contributed by atoms with E-state index < -0.39 is 0 Å². The Morgan fingerprint density at radius 3 is 2.25 bits per heavy atom. The minimum Gasteiger partial charge on any atom is -0.339 e. The molecule has 32 heavy (non-hydrogen) atoms. The Kier molecular flexibility index (Phi) is 8.47. The maximum atomic E-state index is 14.2. The second-order valence-electron chi connectivity index (χ2n) is 9.34. The first-order valence-electron chi connectivity index (χ1n) is 12.3. The van der Waals surface area contributed by atoms with Crippen LogP contribution in [0.1, 0.15) is 74.9 Å². The molecule has 0 aromatic heterocycles. The van der Waals surface area contributed by atoms with E-state index in [1.54, 1.807) is 6.07 Å². The third-order valence-electron chi connectivity index (χ3n) is 7.17. The number of halogens is 1. The van der Waals surface area contributed by atoms with Crippen LogP contribution in [0, 0.1) is 11.7 Å². The van der Waals surface area contributed by atoms with Crippen LogP contribution in [0.2, 0.25) is 0 Å². The van der Waals surface area contributed by atoms with Gasteiger partial charge in [0.25, 0.3) is 5.91 Å². The molecule has 1 aliphatic heterocycles. The number of amides is 1. The Hall–Kier alpha value is -2.20. The average molecular weight is 439 g/mol. The highest BCUT2D eigenvalue weighted by molar-refractivity contribution is 5.94. The molecule has 1 unspecified atom stereocenters. The van der Waals surface area contributed by atoms with Gasteiger partial charge in [0.15, 0.2) is 0 Å². The molecule has 2 aromatic carbocycles. The van der Waals surface area contributed by atoms with Crippen molar-refractivity contribution < 1.29 is 9.18 Å². The number of piperidine rings is 1. The second kappa shape index (κ2) is 11.1. The zero-order valence-corrected chi connectivity index (χ0v) is 20.2. The smallest absolute Gasteiger partial charge is 0.253 e. The first-order chi connectivity index (χ1) is 15.4. The highest BCUT2D eigenvalue weighted by Gasteiger charge is 2.38. The number of likely N-dealkylation sites (tertiary alicyclic amines) is 1. The molecule has 1 saturated heterocycles. The lowest BCUT2D eigenvalue weighted by atomic mass is 9.68. The van der Waals surface area contributed by atoms with Crippen molar-refractivity contribution in [2.45, 2.75) is 58.8 Å². The number of carbonyl (C=O) groups is 1. The fraction of sp³-hybridized carbons (Fsp3) is 0.536. The van der Waals surface area contributed by atoms with Crippen molar-refractivity contribution in [1.82, 2.24) is 9.80 Å². The van der Waals surface area contributed by atoms with Crippen LogP contribution in [0.5, 0.6) is 0 Å². The minimum atomic E-state index is -0.219. The molecular formula is C28H39FN2O. The summed E-state index contributed by atoms with van der Waals surface area (Å²) in [6.07, 6.45) is 4.39. The highest BCUT2D eigenvalue weighted by Crippen LogP contribution is 2.42. The predicted octanol–water partition coefficient (Wildman–Crippen LogP) is 6.13. The van der Waals surface area contributed by atoms with Gasteiger partial charge in [0.1, 0.15) is 5.82 Å². The summed E-state index contributed by atoms with van der Waals surface area (Å²) in [6, 6.07) is 15.2. The van der Waals surface area contributed by atoms with Gasteiger partial charge in [-0.25, -0.2) is 4.39 Å². The van der Waals surface area contributed by atoms with Crippen LogP contribution >= 0.6 is 0 Å². The first kappa shape index (κ1) is 24.4. The van der Waals surface area contributed by atoms with Gasteiger partial charge in [-0.3, -0.25) is 4.79 Å². The van der Waals surface area contributed by atoms with E-state index in [1.807, 2.05) is 36.9 Å². The molecule has 0 spiro atoms. The Balaban J connectivity index is 1.87. The van der Waals surface area contributed by atoms with Gasteiger partial charge in [0, 0.05) is 30.6 Å². The number of carbonyl (C=O) groups excluding carboxylic acids is 1. The van der Waals surface area contributed by atoms with Gasteiger partial charge in [0.05, 0.1) is 0 Å². The Morgan fingerprint density at radius 2 is 1.69 bits per heavy atom. The van der Waals surface area contributed by atoms with Crippen LogP contribution < -0.4 is 0 Å². The monoisotopic (exact) mass is 438 g/mol. The van der Waals surface area contributed by atoms with E-state index in [0.29, 0.717) is 19.0 Å². The molecule has 1 fully saturated rings. The Bertz CT molecular complexity index is 867. The topological polar surface area (TPSA) is 23.6 Å². The van der Waals surface area contributed by atoms with Gasteiger partial charge in [0.2, 0.25) is 0 Å². The molecule has 1 heterocycles. The van der Waals surface area contributed by atoms with Crippen LogP contribution in [-0.2, 0) is 5.41 Å². The summed E-state index contributed by atoms with van der Waals surface area (Å²) in [7, 11) is 0. The van der Waals surface area contributed by atoms with E-state index in [9.17, 15) is 9.18 Å². The quantitative estimate of drug-likeness (QED) is 0.470. The van der Waals surface area contributed by atoms with Crippen molar-refractivity contribution in [3.05, 3.63) is 71.0 Å². The molecular weight excluding hydrogens is 399 g/mol. The largest absolute Gasteiger partial charge is 0.339 e. The molecule has 1 amide bonds. The molecule has 3 nitrogen and oxygen atoms in total. The molecule has 174 valence electrons. The van der Waals surface area contributed by atoms with Crippen LogP contribution in [0.3, 0.4) is 0 Å². The molecule has 1 aliphatic rings. The maximum Gasteiger partial charge on any atom is 0.253 e. The Labute approximate surface area is 193 Å². The van der Waals surface area contributed by atoms with E-state index in [2.05, 4.69) is 36.9 Å². The summed E-state index contributed by atoms with van der Waals surface area (Å²) >= 11 is 0. The fourth-order valence-corrected chi connectivity index (χ4v) is 5.30. The molecule has 2 aromatic rings. The highest BCUT2D eigenvalue weighted by atomic mass is 19.1. The van der Waals surface area contributed by atoms with Crippen molar-refractivity contribution in [2.24, 2.45) is 5.92 Å². The lowest BCUT2D eigenvalue weighted by molar-refractivity contribution is 0.0773. The molecule has 0 aliphatic carbocycles. The minimum absolute atomic E-state index is 0.0705. The van der Waals surface area contributed by atoms with Crippen LogP contribution in [0.15, 0.2) is 48.5 Å². The third-order valence-corrected chi connectivity index (χ3v) is 7.17. The van der Waals surface area contributed by atoms with Gasteiger partial charge < -0.3 is 9.80 Å². The van der Waals surface area contributed by atoms with Gasteiger partial charge in [-0.1, -0.05) is 44.5 Å². The normalized spacial score (nSPS) is 17.2. The van der Waals surface area contributed by atoms with Gasteiger partial charge in [-0.15, -0.1) is 0 Å². The van der Waals surface area contributed by atoms with Crippen molar-refractivity contribution in [1.29, 1.82) is 0 Å². The summed E-state index contributed by atoms with van der Waals surface area (Å²) in [5.74, 6) is 0.585. The van der Waals surface area contributed by atoms with Crippen molar-refractivity contribution in [3.63, 3.8) is 0 Å². The molecule has 0 saturated carbocycles. The number of benzene rings is 2. The van der Waals surface area contributed by atoms with Crippen molar-refractivity contribution in [2.75, 3.05) is 32.7 Å². The van der Waals surface area contributed by atoms with Crippen LogP contribution in [0.4, 0.5) is 4.39 Å². The third kappa shape index (κ3) is 5.40. The van der Waals surface area contributed by atoms with E-state index in [4.69, 9.17) is 0 Å². The number of rotatable bonds is 9. The van der Waals surface area contributed by atoms with Crippen molar-refractivity contribution >= 4 is 5.91 Å². The van der Waals surface area contributed by atoms with Gasteiger partial charge in [-0.05, 0) is 87.5 Å². The van der Waals surface area contributed by atoms with E-state index in [-0.39, 0.29) is 17.1 Å². The molecule has 0 radical (unpaired) electrons. The fourth-order valence-electron chi connectivity index (χ4n) is 5.30. The molecule has 4 heteroatoms. The van der Waals surface area contributed by atoms with Gasteiger partial charge in [-0.2, -0.15) is 0 Å². The lowest BCUT2D eigenvalue weighted by Gasteiger charge is -2.43. The standard InChI is InChI=1S/C28H39FN2O/c1-5-9-22(4)21-30-18-16-28(17-19-30,25-10-8-11-26(29)20-25)24-14-12-23(13-15-24)27(32)31(6-2)7-3/h8,10-15,20,22H,5-7,9,16-19,21H2,1-4H3. The molecule has 3 rings (SSSR count). The van der Waals surface area contributed by atoms with E-state index in [1.165, 1.54) is 24.5 Å². The molecule has 0 N–H and O–H groups in total. The summed E-state index contributed by atoms with van der Waals surface area (Å²) < 4.78 is 14.2. The number of nitrogens with zero attached hydrogens (tertiary/aromatic N) is 2. The summed E-state index contributed by atoms with van der Waals surface area (Å²) in [4.78, 5) is 17.2. The second-order valence-corrected chi connectivity index (χ2v) is 9.34. The van der Waals surface area contributed by atoms with Crippen molar-refractivity contribution in [3.8, 4) is 0 Å². The number of hydrogen-bond acceptors (Lipinski definition) is 2. The summed E-state index contributed by atoms with van der Waals surface area (Å²) in [6.45, 7) is 13.1. The summed E-state index contributed by atoms with van der Waals surface area (Å²) in [5, 5.41) is 0. The number of hydrogen-bond donors (Lipinski definition) is 0. The zero-order valence-electron chi connectivity index (χ0n) is 20.2. The SMILES string of the molecule is CCCC(C)CN1CCC(c2ccc(C(=O)N(CC)CC)cc2)(c2cccc(F)c2)CC1. The van der Waals surface area contributed by atoms with E-state index >= 15 is 0 Å². The molecule has 0 bridgehead atoms. The average Bonchev–Trinajstić information content (AvgIpc) is 2.81. The first-order valence-corrected chi connectivity index (χ1v) is 12.3.